The predicted molar refractivity (Wildman–Crippen MR) is 73.4 cm³/mol. The van der Waals surface area contributed by atoms with Gasteiger partial charge in [-0.1, -0.05) is 13.0 Å². The molecule has 1 aromatic rings. The summed E-state index contributed by atoms with van der Waals surface area (Å²) < 4.78 is 0. The fraction of sp³-hybridized carbons (Fsp3) is 0.615. The van der Waals surface area contributed by atoms with Gasteiger partial charge in [0.2, 0.25) is 5.91 Å². The minimum absolute atomic E-state index is 0.179. The second-order valence-corrected chi connectivity index (χ2v) is 5.02. The molecule has 1 heterocycles. The maximum atomic E-state index is 11.5. The topological polar surface area (TPSA) is 41.1 Å². The van der Waals surface area contributed by atoms with Crippen LogP contribution >= 0.6 is 11.3 Å². The normalized spacial score (nSPS) is 10.4. The summed E-state index contributed by atoms with van der Waals surface area (Å²) in [5, 5.41) is 8.26. The summed E-state index contributed by atoms with van der Waals surface area (Å²) in [7, 11) is 0. The van der Waals surface area contributed by atoms with Crippen LogP contribution in [0.15, 0.2) is 17.5 Å². The van der Waals surface area contributed by atoms with Gasteiger partial charge in [-0.2, -0.15) is 0 Å². The van der Waals surface area contributed by atoms with Gasteiger partial charge in [0.05, 0.1) is 0 Å². The van der Waals surface area contributed by atoms with Crippen LogP contribution in [0.3, 0.4) is 0 Å². The van der Waals surface area contributed by atoms with Crippen LogP contribution in [-0.4, -0.2) is 25.5 Å². The van der Waals surface area contributed by atoms with Crippen LogP contribution in [-0.2, 0) is 11.2 Å². The first kappa shape index (κ1) is 14.2. The van der Waals surface area contributed by atoms with Crippen molar-refractivity contribution in [2.75, 3.05) is 19.6 Å². The van der Waals surface area contributed by atoms with Gasteiger partial charge in [-0.15, -0.1) is 11.3 Å². The summed E-state index contributed by atoms with van der Waals surface area (Å²) in [6.07, 6.45) is 3.60. The summed E-state index contributed by atoms with van der Waals surface area (Å²) in [5.41, 5.74) is 0. The highest BCUT2D eigenvalue weighted by molar-refractivity contribution is 7.09. The van der Waals surface area contributed by atoms with E-state index in [1.807, 2.05) is 0 Å². The summed E-state index contributed by atoms with van der Waals surface area (Å²) in [4.78, 5) is 12.8. The number of aryl methyl sites for hydroxylation is 1. The molecule has 1 aromatic heterocycles. The Labute approximate surface area is 108 Å². The third-order valence-corrected chi connectivity index (χ3v) is 3.45. The van der Waals surface area contributed by atoms with Gasteiger partial charge >= 0.3 is 0 Å². The van der Waals surface area contributed by atoms with Crippen LogP contribution in [0.25, 0.3) is 0 Å². The lowest BCUT2D eigenvalue weighted by Gasteiger charge is -2.05. The Balaban J connectivity index is 1.94. The van der Waals surface area contributed by atoms with Crippen LogP contribution < -0.4 is 10.6 Å². The van der Waals surface area contributed by atoms with Crippen LogP contribution in [0.1, 0.15) is 31.1 Å². The van der Waals surface area contributed by atoms with E-state index in [1.54, 1.807) is 11.3 Å². The van der Waals surface area contributed by atoms with Crippen molar-refractivity contribution in [3.8, 4) is 0 Å². The summed E-state index contributed by atoms with van der Waals surface area (Å²) in [6.45, 7) is 4.84. The van der Waals surface area contributed by atoms with Crippen LogP contribution in [0, 0.1) is 0 Å². The minimum Gasteiger partial charge on any atom is -0.356 e. The highest BCUT2D eigenvalue weighted by Gasteiger charge is 2.01. The molecule has 0 saturated carbocycles. The number of nitrogens with one attached hydrogen (secondary N) is 2. The van der Waals surface area contributed by atoms with Crippen LogP contribution in [0.4, 0.5) is 0 Å². The number of carbonyl (C=O) groups excluding carboxylic acids is 1. The monoisotopic (exact) mass is 254 g/mol. The molecular formula is C13H22N2OS. The second kappa shape index (κ2) is 9.19. The maximum Gasteiger partial charge on any atom is 0.220 e. The largest absolute Gasteiger partial charge is 0.356 e. The van der Waals surface area contributed by atoms with Gasteiger partial charge in [0, 0.05) is 17.8 Å². The van der Waals surface area contributed by atoms with Gasteiger partial charge in [0.15, 0.2) is 0 Å². The summed E-state index contributed by atoms with van der Waals surface area (Å²) >= 11 is 1.76. The fourth-order valence-corrected chi connectivity index (χ4v) is 2.34. The zero-order valence-corrected chi connectivity index (χ0v) is 11.3. The van der Waals surface area contributed by atoms with Crippen molar-refractivity contribution in [1.29, 1.82) is 0 Å². The molecule has 0 aliphatic carbocycles. The average Bonchev–Trinajstić information content (AvgIpc) is 2.82. The van der Waals surface area contributed by atoms with Gasteiger partial charge in [-0.25, -0.2) is 0 Å². The van der Waals surface area contributed by atoms with E-state index in [0.717, 1.165) is 38.9 Å². The standard InChI is InChI=1S/C13H22N2OS/c1-2-14-9-5-10-15-13(16)8-3-6-12-7-4-11-17-12/h4,7,11,14H,2-3,5-6,8-10H2,1H3,(H,15,16). The zero-order valence-electron chi connectivity index (χ0n) is 10.5. The molecule has 1 amide bonds. The Morgan fingerprint density at radius 3 is 2.94 bits per heavy atom. The first-order chi connectivity index (χ1) is 8.33. The molecule has 3 nitrogen and oxygen atoms in total. The SMILES string of the molecule is CCNCCCNC(=O)CCCc1cccs1. The number of thiophene rings is 1. The van der Waals surface area contributed by atoms with Crippen LogP contribution in [0.2, 0.25) is 0 Å². The summed E-state index contributed by atoms with van der Waals surface area (Å²) in [6, 6.07) is 4.18. The zero-order chi connectivity index (χ0) is 12.3. The molecule has 1 rings (SSSR count). The molecule has 2 N–H and O–H groups in total. The third kappa shape index (κ3) is 7.13. The van der Waals surface area contributed by atoms with Crippen LogP contribution in [0.5, 0.6) is 0 Å². The lowest BCUT2D eigenvalue weighted by atomic mass is 10.2. The highest BCUT2D eigenvalue weighted by atomic mass is 32.1. The Kier molecular flexibility index (Phi) is 7.67. The van der Waals surface area contributed by atoms with E-state index in [2.05, 4.69) is 35.1 Å². The highest BCUT2D eigenvalue weighted by Crippen LogP contribution is 2.11. The number of hydrogen-bond donors (Lipinski definition) is 2. The van der Waals surface area contributed by atoms with E-state index in [-0.39, 0.29) is 5.91 Å². The first-order valence-corrected chi connectivity index (χ1v) is 7.20. The van der Waals surface area contributed by atoms with Crippen molar-refractivity contribution in [3.05, 3.63) is 22.4 Å². The molecule has 0 radical (unpaired) electrons. The Hall–Kier alpha value is -0.870. The van der Waals surface area contributed by atoms with Crippen molar-refractivity contribution in [2.45, 2.75) is 32.6 Å². The van der Waals surface area contributed by atoms with Gasteiger partial charge in [-0.3, -0.25) is 4.79 Å². The van der Waals surface area contributed by atoms with Crippen molar-refractivity contribution in [2.24, 2.45) is 0 Å². The molecule has 0 atom stereocenters. The van der Waals surface area contributed by atoms with Crippen molar-refractivity contribution >= 4 is 17.2 Å². The molecule has 0 aliphatic rings. The number of hydrogen-bond acceptors (Lipinski definition) is 3. The lowest BCUT2D eigenvalue weighted by Crippen LogP contribution is -2.27. The molecule has 0 saturated heterocycles. The minimum atomic E-state index is 0.179. The Morgan fingerprint density at radius 1 is 1.35 bits per heavy atom. The van der Waals surface area contributed by atoms with Crippen molar-refractivity contribution in [1.82, 2.24) is 10.6 Å². The molecule has 96 valence electrons. The van der Waals surface area contributed by atoms with E-state index in [9.17, 15) is 4.79 Å². The molecular weight excluding hydrogens is 232 g/mol. The number of amides is 1. The molecule has 0 aromatic carbocycles. The lowest BCUT2D eigenvalue weighted by molar-refractivity contribution is -0.121. The quantitative estimate of drug-likeness (QED) is 0.663. The van der Waals surface area contributed by atoms with E-state index >= 15 is 0 Å². The van der Waals surface area contributed by atoms with Gasteiger partial charge in [0.25, 0.3) is 0 Å². The molecule has 0 unspecified atom stereocenters. The third-order valence-electron chi connectivity index (χ3n) is 2.51. The van der Waals surface area contributed by atoms with Gasteiger partial charge < -0.3 is 10.6 Å². The van der Waals surface area contributed by atoms with E-state index in [4.69, 9.17) is 0 Å². The van der Waals surface area contributed by atoms with Crippen molar-refractivity contribution < 1.29 is 4.79 Å². The van der Waals surface area contributed by atoms with E-state index < -0.39 is 0 Å². The van der Waals surface area contributed by atoms with Gasteiger partial charge in [0.1, 0.15) is 0 Å². The second-order valence-electron chi connectivity index (χ2n) is 3.99. The van der Waals surface area contributed by atoms with E-state index in [0.29, 0.717) is 6.42 Å². The number of rotatable bonds is 9. The molecule has 0 spiro atoms. The molecule has 17 heavy (non-hydrogen) atoms. The first-order valence-electron chi connectivity index (χ1n) is 6.32. The predicted octanol–water partition coefficient (Wildman–Crippen LogP) is 2.19. The molecule has 0 bridgehead atoms. The fourth-order valence-electron chi connectivity index (χ4n) is 1.58. The Bertz CT molecular complexity index is 298. The number of carbonyl (C=O) groups is 1. The Morgan fingerprint density at radius 2 is 2.24 bits per heavy atom. The molecule has 0 aliphatic heterocycles. The van der Waals surface area contributed by atoms with Gasteiger partial charge in [-0.05, 0) is 43.8 Å². The average molecular weight is 254 g/mol. The molecule has 0 fully saturated rings. The van der Waals surface area contributed by atoms with E-state index in [1.165, 1.54) is 4.88 Å². The van der Waals surface area contributed by atoms with Crippen molar-refractivity contribution in [3.63, 3.8) is 0 Å². The maximum absolute atomic E-state index is 11.5. The smallest absolute Gasteiger partial charge is 0.220 e. The summed E-state index contributed by atoms with van der Waals surface area (Å²) in [5.74, 6) is 0.179. The molecule has 4 heteroatoms.